The van der Waals surface area contributed by atoms with E-state index < -0.39 is 0 Å². The molecule has 1 aromatic heterocycles. The predicted octanol–water partition coefficient (Wildman–Crippen LogP) is 1.91. The zero-order valence-corrected chi connectivity index (χ0v) is 8.72. The summed E-state index contributed by atoms with van der Waals surface area (Å²) in [4.78, 5) is 4.32. The molecule has 3 nitrogen and oxygen atoms in total. The molecule has 1 aromatic carbocycles. The molecule has 15 heavy (non-hydrogen) atoms. The minimum Gasteiger partial charge on any atom is -0.271 e. The molecule has 0 saturated carbocycles. The van der Waals surface area contributed by atoms with E-state index in [4.69, 9.17) is 5.84 Å². The van der Waals surface area contributed by atoms with E-state index >= 15 is 0 Å². The summed E-state index contributed by atoms with van der Waals surface area (Å²) in [5, 5.41) is 2.78. The van der Waals surface area contributed by atoms with Crippen LogP contribution >= 0.6 is 11.3 Å². The van der Waals surface area contributed by atoms with Gasteiger partial charge in [0.15, 0.2) is 0 Å². The molecule has 0 saturated heterocycles. The number of rotatable bonds is 3. The van der Waals surface area contributed by atoms with Crippen molar-refractivity contribution < 1.29 is 4.39 Å². The van der Waals surface area contributed by atoms with Gasteiger partial charge in [0, 0.05) is 10.9 Å². The number of benzene rings is 1. The molecule has 0 atom stereocenters. The maximum atomic E-state index is 13.0. The molecule has 0 amide bonds. The lowest BCUT2D eigenvalue weighted by Crippen LogP contribution is -2.20. The predicted molar refractivity (Wildman–Crippen MR) is 58.5 cm³/mol. The third-order valence-corrected chi connectivity index (χ3v) is 2.77. The monoisotopic (exact) mass is 223 g/mol. The van der Waals surface area contributed by atoms with Crippen molar-refractivity contribution in [3.05, 3.63) is 40.5 Å². The smallest absolute Gasteiger partial charge is 0.123 e. The number of halogens is 1. The Morgan fingerprint density at radius 2 is 2.33 bits per heavy atom. The number of hydrogen-bond donors (Lipinski definition) is 2. The molecule has 0 bridgehead atoms. The Hall–Kier alpha value is -1.30. The highest BCUT2D eigenvalue weighted by Crippen LogP contribution is 2.22. The van der Waals surface area contributed by atoms with Gasteiger partial charge in [-0.3, -0.25) is 11.3 Å². The van der Waals surface area contributed by atoms with Gasteiger partial charge in [-0.25, -0.2) is 9.37 Å². The molecule has 0 aliphatic heterocycles. The molecular formula is C10H10FN3S. The summed E-state index contributed by atoms with van der Waals surface area (Å²) in [6, 6.07) is 6.38. The third kappa shape index (κ3) is 2.38. The first-order chi connectivity index (χ1) is 7.29. The number of hydrazine groups is 1. The molecule has 0 spiro atoms. The fraction of sp³-hybridized carbons (Fsp3) is 0.100. The molecular weight excluding hydrogens is 213 g/mol. The molecule has 0 aliphatic carbocycles. The van der Waals surface area contributed by atoms with Crippen molar-refractivity contribution in [1.82, 2.24) is 10.4 Å². The first kappa shape index (κ1) is 10.2. The van der Waals surface area contributed by atoms with E-state index in [1.165, 1.54) is 23.5 Å². The fourth-order valence-corrected chi connectivity index (χ4v) is 2.01. The van der Waals surface area contributed by atoms with Crippen LogP contribution in [-0.2, 0) is 6.54 Å². The van der Waals surface area contributed by atoms with Gasteiger partial charge in [-0.1, -0.05) is 12.1 Å². The largest absolute Gasteiger partial charge is 0.271 e. The van der Waals surface area contributed by atoms with Crippen molar-refractivity contribution in [2.24, 2.45) is 5.84 Å². The maximum Gasteiger partial charge on any atom is 0.123 e. The van der Waals surface area contributed by atoms with Crippen LogP contribution in [0.25, 0.3) is 11.3 Å². The van der Waals surface area contributed by atoms with E-state index in [9.17, 15) is 4.39 Å². The van der Waals surface area contributed by atoms with E-state index in [1.54, 1.807) is 6.07 Å². The molecule has 2 aromatic rings. The molecule has 2 rings (SSSR count). The number of thiazole rings is 1. The SMILES string of the molecule is NNCc1nc(-c2cccc(F)c2)cs1. The summed E-state index contributed by atoms with van der Waals surface area (Å²) in [5.41, 5.74) is 4.10. The molecule has 3 N–H and O–H groups in total. The van der Waals surface area contributed by atoms with Gasteiger partial charge in [0.2, 0.25) is 0 Å². The van der Waals surface area contributed by atoms with Crippen molar-refractivity contribution in [2.75, 3.05) is 0 Å². The normalized spacial score (nSPS) is 10.5. The van der Waals surface area contributed by atoms with Crippen LogP contribution in [0.5, 0.6) is 0 Å². The molecule has 0 unspecified atom stereocenters. The Morgan fingerprint density at radius 1 is 1.47 bits per heavy atom. The van der Waals surface area contributed by atoms with Crippen molar-refractivity contribution in [3.8, 4) is 11.3 Å². The molecule has 0 fully saturated rings. The summed E-state index contributed by atoms with van der Waals surface area (Å²) in [6.07, 6.45) is 0. The first-order valence-electron chi connectivity index (χ1n) is 4.43. The van der Waals surface area contributed by atoms with E-state index in [0.29, 0.717) is 6.54 Å². The standard InChI is InChI=1S/C10H10FN3S/c11-8-3-1-2-7(4-8)9-6-15-10(14-9)5-13-12/h1-4,6,13H,5,12H2. The second-order valence-electron chi connectivity index (χ2n) is 3.02. The van der Waals surface area contributed by atoms with Gasteiger partial charge < -0.3 is 0 Å². The Labute approximate surface area is 90.7 Å². The van der Waals surface area contributed by atoms with E-state index in [2.05, 4.69) is 10.4 Å². The van der Waals surface area contributed by atoms with Crippen LogP contribution in [-0.4, -0.2) is 4.98 Å². The van der Waals surface area contributed by atoms with Crippen molar-refractivity contribution in [2.45, 2.75) is 6.54 Å². The molecule has 5 heteroatoms. The lowest BCUT2D eigenvalue weighted by Gasteiger charge is -1.96. The summed E-state index contributed by atoms with van der Waals surface area (Å²) >= 11 is 1.50. The molecule has 0 radical (unpaired) electrons. The minimum atomic E-state index is -0.251. The van der Waals surface area contributed by atoms with Gasteiger partial charge in [0.05, 0.1) is 12.2 Å². The van der Waals surface area contributed by atoms with Crippen LogP contribution in [0, 0.1) is 5.82 Å². The summed E-state index contributed by atoms with van der Waals surface area (Å²) < 4.78 is 13.0. The Balaban J connectivity index is 2.29. The van der Waals surface area contributed by atoms with Crippen molar-refractivity contribution in [3.63, 3.8) is 0 Å². The number of nitrogens with two attached hydrogens (primary N) is 1. The second kappa shape index (κ2) is 4.48. The average molecular weight is 223 g/mol. The topological polar surface area (TPSA) is 50.9 Å². The fourth-order valence-electron chi connectivity index (χ4n) is 1.26. The Morgan fingerprint density at radius 3 is 3.07 bits per heavy atom. The van der Waals surface area contributed by atoms with Gasteiger partial charge in [0.1, 0.15) is 10.8 Å². The van der Waals surface area contributed by atoms with Crippen molar-refractivity contribution >= 4 is 11.3 Å². The van der Waals surface area contributed by atoms with Gasteiger partial charge in [-0.15, -0.1) is 11.3 Å². The first-order valence-corrected chi connectivity index (χ1v) is 5.31. The number of nitrogens with one attached hydrogen (secondary N) is 1. The minimum absolute atomic E-state index is 0.251. The summed E-state index contributed by atoms with van der Waals surface area (Å²) in [6.45, 7) is 0.528. The van der Waals surface area contributed by atoms with E-state index in [-0.39, 0.29) is 5.82 Å². The third-order valence-electron chi connectivity index (χ3n) is 1.93. The van der Waals surface area contributed by atoms with Crippen LogP contribution in [0.2, 0.25) is 0 Å². The number of nitrogens with zero attached hydrogens (tertiary/aromatic N) is 1. The van der Waals surface area contributed by atoms with Crippen LogP contribution in [0.3, 0.4) is 0 Å². The average Bonchev–Trinajstić information content (AvgIpc) is 2.67. The van der Waals surface area contributed by atoms with E-state index in [1.807, 2.05) is 11.4 Å². The number of aromatic nitrogens is 1. The van der Waals surface area contributed by atoms with Gasteiger partial charge >= 0.3 is 0 Å². The Kier molecular flexibility index (Phi) is 3.05. The highest BCUT2D eigenvalue weighted by Gasteiger charge is 2.04. The van der Waals surface area contributed by atoms with Crippen LogP contribution in [0.15, 0.2) is 29.6 Å². The maximum absolute atomic E-state index is 13.0. The molecule has 78 valence electrons. The van der Waals surface area contributed by atoms with Gasteiger partial charge in [0.25, 0.3) is 0 Å². The van der Waals surface area contributed by atoms with Gasteiger partial charge in [-0.2, -0.15) is 0 Å². The highest BCUT2D eigenvalue weighted by atomic mass is 32.1. The second-order valence-corrected chi connectivity index (χ2v) is 3.96. The zero-order chi connectivity index (χ0) is 10.7. The van der Waals surface area contributed by atoms with Gasteiger partial charge in [-0.05, 0) is 12.1 Å². The zero-order valence-electron chi connectivity index (χ0n) is 7.90. The summed E-state index contributed by atoms with van der Waals surface area (Å²) in [5.74, 6) is 4.94. The van der Waals surface area contributed by atoms with Crippen LogP contribution in [0.1, 0.15) is 5.01 Å². The number of hydrogen-bond acceptors (Lipinski definition) is 4. The summed E-state index contributed by atoms with van der Waals surface area (Å²) in [7, 11) is 0. The lowest BCUT2D eigenvalue weighted by molar-refractivity contribution is 0.628. The van der Waals surface area contributed by atoms with Crippen LogP contribution < -0.4 is 11.3 Å². The quantitative estimate of drug-likeness (QED) is 0.617. The Bertz CT molecular complexity index is 455. The lowest BCUT2D eigenvalue weighted by atomic mass is 10.2. The van der Waals surface area contributed by atoms with Crippen LogP contribution in [0.4, 0.5) is 4.39 Å². The van der Waals surface area contributed by atoms with Crippen molar-refractivity contribution in [1.29, 1.82) is 0 Å². The highest BCUT2D eigenvalue weighted by molar-refractivity contribution is 7.09. The van der Waals surface area contributed by atoms with E-state index in [0.717, 1.165) is 16.3 Å². The molecule has 1 heterocycles. The molecule has 0 aliphatic rings.